The fraction of sp³-hybridized carbons (Fsp3) is 0.591. The van der Waals surface area contributed by atoms with Crippen LogP contribution in [0.5, 0.6) is 5.75 Å². The van der Waals surface area contributed by atoms with Gasteiger partial charge in [0.05, 0.1) is 12.4 Å². The molecule has 2 aliphatic carbocycles. The molecular formula is C22H30O6S. The summed E-state index contributed by atoms with van der Waals surface area (Å²) in [6.45, 7) is 6.56. The summed E-state index contributed by atoms with van der Waals surface area (Å²) in [5.74, 6) is 0.0408. The van der Waals surface area contributed by atoms with Crippen molar-refractivity contribution in [3.63, 3.8) is 0 Å². The molecule has 0 amide bonds. The number of unbranched alkanes of at least 4 members (excludes halogenated alkanes) is 1. The van der Waals surface area contributed by atoms with Crippen molar-refractivity contribution in [1.82, 2.24) is 0 Å². The Labute approximate surface area is 173 Å². The molecule has 0 aliphatic heterocycles. The third kappa shape index (κ3) is 4.27. The van der Waals surface area contributed by atoms with Crippen LogP contribution in [-0.4, -0.2) is 37.9 Å². The minimum Gasteiger partial charge on any atom is -0.468 e. The van der Waals surface area contributed by atoms with Gasteiger partial charge in [-0.15, -0.1) is 0 Å². The fourth-order valence-electron chi connectivity index (χ4n) is 4.86. The molecule has 0 spiro atoms. The Hall–Kier alpha value is -1.70. The molecule has 3 atom stereocenters. The van der Waals surface area contributed by atoms with Gasteiger partial charge in [-0.3, -0.25) is 9.35 Å². The lowest BCUT2D eigenvalue weighted by Gasteiger charge is -2.34. The summed E-state index contributed by atoms with van der Waals surface area (Å²) >= 11 is 0. The number of carbonyl (C=O) groups is 1. The quantitative estimate of drug-likeness (QED) is 0.279. The summed E-state index contributed by atoms with van der Waals surface area (Å²) in [4.78, 5) is 13.2. The Kier molecular flexibility index (Phi) is 6.22. The van der Waals surface area contributed by atoms with E-state index >= 15 is 0 Å². The highest BCUT2D eigenvalue weighted by Crippen LogP contribution is 2.66. The van der Waals surface area contributed by atoms with Gasteiger partial charge in [0, 0.05) is 16.4 Å². The summed E-state index contributed by atoms with van der Waals surface area (Å²) in [6, 6.07) is 7.42. The Morgan fingerprint density at radius 3 is 2.76 bits per heavy atom. The summed E-state index contributed by atoms with van der Waals surface area (Å²) in [7, 11) is -4.19. The van der Waals surface area contributed by atoms with E-state index < -0.39 is 26.7 Å². The molecule has 2 aliphatic rings. The number of rotatable bonds is 9. The van der Waals surface area contributed by atoms with Gasteiger partial charge in [-0.25, -0.2) is 0 Å². The highest BCUT2D eigenvalue weighted by molar-refractivity contribution is 7.85. The van der Waals surface area contributed by atoms with Gasteiger partial charge in [0.15, 0.2) is 12.6 Å². The molecule has 0 aromatic heterocycles. The van der Waals surface area contributed by atoms with E-state index in [2.05, 4.69) is 6.92 Å². The highest BCUT2D eigenvalue weighted by atomic mass is 32.2. The zero-order valence-electron chi connectivity index (χ0n) is 17.3. The van der Waals surface area contributed by atoms with Crippen LogP contribution in [0.1, 0.15) is 52.0 Å². The van der Waals surface area contributed by atoms with Crippen LogP contribution >= 0.6 is 0 Å². The van der Waals surface area contributed by atoms with E-state index in [1.807, 2.05) is 44.2 Å². The lowest BCUT2D eigenvalue weighted by Crippen LogP contribution is -2.40. The highest BCUT2D eigenvalue weighted by Gasteiger charge is 2.67. The Morgan fingerprint density at radius 1 is 1.31 bits per heavy atom. The largest absolute Gasteiger partial charge is 0.468 e. The maximum atomic E-state index is 13.2. The molecule has 2 saturated carbocycles. The van der Waals surface area contributed by atoms with Gasteiger partial charge >= 0.3 is 0 Å². The molecule has 1 N–H and O–H groups in total. The number of fused-ring (bicyclic) bond motifs is 2. The lowest BCUT2D eigenvalue weighted by atomic mass is 9.70. The first kappa shape index (κ1) is 22.0. The number of Topliss-reactive ketones (excluding diaryl/α,β-unsaturated/α-hetero) is 1. The van der Waals surface area contributed by atoms with E-state index in [-0.39, 0.29) is 18.5 Å². The number of carbonyl (C=O) groups excluding carboxylic acids is 1. The van der Waals surface area contributed by atoms with Crippen LogP contribution in [0.4, 0.5) is 0 Å². The fourth-order valence-corrected chi connectivity index (χ4v) is 6.14. The van der Waals surface area contributed by atoms with Crippen molar-refractivity contribution in [1.29, 1.82) is 0 Å². The van der Waals surface area contributed by atoms with Gasteiger partial charge in [-0.05, 0) is 49.0 Å². The molecule has 1 aromatic rings. The summed E-state index contributed by atoms with van der Waals surface area (Å²) in [5.41, 5.74) is -0.114. The van der Waals surface area contributed by atoms with E-state index in [1.54, 1.807) is 0 Å². The van der Waals surface area contributed by atoms with E-state index in [1.165, 1.54) is 0 Å². The third-order valence-electron chi connectivity index (χ3n) is 6.72. The molecule has 3 rings (SSSR count). The number of hydrogen-bond donors (Lipinski definition) is 1. The van der Waals surface area contributed by atoms with Crippen LogP contribution in [0.15, 0.2) is 29.8 Å². The summed E-state index contributed by atoms with van der Waals surface area (Å²) < 4.78 is 43.8. The first-order chi connectivity index (χ1) is 13.6. The molecule has 0 heterocycles. The van der Waals surface area contributed by atoms with Crippen LogP contribution in [0.25, 0.3) is 6.08 Å². The topological polar surface area (TPSA) is 89.9 Å². The summed E-state index contributed by atoms with van der Waals surface area (Å²) in [6.07, 6.45) is 5.26. The Balaban J connectivity index is 1.81. The Bertz CT molecular complexity index is 906. The average molecular weight is 423 g/mol. The van der Waals surface area contributed by atoms with Crippen molar-refractivity contribution in [2.24, 2.45) is 16.7 Å². The molecule has 29 heavy (non-hydrogen) atoms. The molecule has 0 radical (unpaired) electrons. The molecular weight excluding hydrogens is 392 g/mol. The first-order valence-corrected chi connectivity index (χ1v) is 11.7. The second-order valence-corrected chi connectivity index (χ2v) is 10.0. The molecule has 160 valence electrons. The molecule has 3 unspecified atom stereocenters. The molecule has 6 nitrogen and oxygen atoms in total. The van der Waals surface area contributed by atoms with Crippen LogP contribution in [0.3, 0.4) is 0 Å². The van der Waals surface area contributed by atoms with Crippen LogP contribution in [0.2, 0.25) is 0 Å². The van der Waals surface area contributed by atoms with Crippen LogP contribution in [0, 0.1) is 16.7 Å². The lowest BCUT2D eigenvalue weighted by molar-refractivity contribution is -0.125. The standard InChI is InChI=1S/C22H30O6S/c1-4-5-11-27-15-28-17-8-6-7-16(12-17)13-18-19-9-10-21(2,20(18)23)22(19,3)14-29(24,25)26/h6-8,12-13,19H,4-5,9-11,14-15H2,1-3H3,(H,24,25,26)/b18-13+. The van der Waals surface area contributed by atoms with Gasteiger partial charge in [0.1, 0.15) is 5.75 Å². The van der Waals surface area contributed by atoms with E-state index in [0.29, 0.717) is 24.4 Å². The van der Waals surface area contributed by atoms with E-state index in [9.17, 15) is 17.8 Å². The number of benzene rings is 1. The number of ketones is 1. The monoisotopic (exact) mass is 422 g/mol. The zero-order chi connectivity index (χ0) is 21.3. The summed E-state index contributed by atoms with van der Waals surface area (Å²) in [5, 5.41) is 0. The molecule has 0 saturated heterocycles. The maximum absolute atomic E-state index is 13.2. The van der Waals surface area contributed by atoms with E-state index in [0.717, 1.165) is 24.8 Å². The third-order valence-corrected chi connectivity index (χ3v) is 7.68. The maximum Gasteiger partial charge on any atom is 0.265 e. The second-order valence-electron chi connectivity index (χ2n) is 8.59. The van der Waals surface area contributed by atoms with E-state index in [4.69, 9.17) is 9.47 Å². The number of hydrogen-bond acceptors (Lipinski definition) is 5. The second kappa shape index (κ2) is 8.20. The predicted molar refractivity (Wildman–Crippen MR) is 111 cm³/mol. The predicted octanol–water partition coefficient (Wildman–Crippen LogP) is 4.12. The van der Waals surface area contributed by atoms with Gasteiger partial charge in [-0.1, -0.05) is 39.3 Å². The van der Waals surface area contributed by atoms with Crippen molar-refractivity contribution in [2.75, 3.05) is 19.2 Å². The van der Waals surface area contributed by atoms with Crippen molar-refractivity contribution in [3.8, 4) is 5.75 Å². The molecule has 1 aromatic carbocycles. The molecule has 7 heteroatoms. The van der Waals surface area contributed by atoms with Crippen molar-refractivity contribution < 1.29 is 27.2 Å². The minimum atomic E-state index is -4.19. The zero-order valence-corrected chi connectivity index (χ0v) is 18.1. The minimum absolute atomic E-state index is 0.0193. The first-order valence-electron chi connectivity index (χ1n) is 10.1. The van der Waals surface area contributed by atoms with Gasteiger partial charge in [0.25, 0.3) is 10.1 Å². The average Bonchev–Trinajstić information content (AvgIpc) is 2.96. The number of ether oxygens (including phenoxy) is 2. The Morgan fingerprint density at radius 2 is 2.07 bits per heavy atom. The van der Waals surface area contributed by atoms with Gasteiger partial charge in [-0.2, -0.15) is 8.42 Å². The molecule has 2 bridgehead atoms. The van der Waals surface area contributed by atoms with Gasteiger partial charge in [0.2, 0.25) is 0 Å². The van der Waals surface area contributed by atoms with Crippen molar-refractivity contribution >= 4 is 22.0 Å². The van der Waals surface area contributed by atoms with Crippen LogP contribution < -0.4 is 4.74 Å². The van der Waals surface area contributed by atoms with Crippen molar-refractivity contribution in [3.05, 3.63) is 35.4 Å². The normalized spacial score (nSPS) is 30.3. The van der Waals surface area contributed by atoms with Gasteiger partial charge < -0.3 is 9.47 Å². The SMILES string of the molecule is CCCCOCOc1cccc(/C=C2/C(=O)C3(C)CCC2C3(C)CS(=O)(=O)O)c1. The van der Waals surface area contributed by atoms with Crippen molar-refractivity contribution in [2.45, 2.75) is 46.5 Å². The molecule has 2 fully saturated rings. The smallest absolute Gasteiger partial charge is 0.265 e. The van der Waals surface area contributed by atoms with Crippen LogP contribution in [-0.2, 0) is 19.6 Å². The number of allylic oxidation sites excluding steroid dienone is 1.